The summed E-state index contributed by atoms with van der Waals surface area (Å²) in [7, 11) is 1.42. The predicted molar refractivity (Wildman–Crippen MR) is 48.5 cm³/mol. The molecule has 0 bridgehead atoms. The van der Waals surface area contributed by atoms with Crippen LogP contribution in [0.15, 0.2) is 24.3 Å². The van der Waals surface area contributed by atoms with Crippen molar-refractivity contribution in [1.29, 1.82) is 0 Å². The van der Waals surface area contributed by atoms with Crippen molar-refractivity contribution < 1.29 is 69.1 Å². The second-order valence-corrected chi connectivity index (χ2v) is 2.78. The molecule has 2 nitrogen and oxygen atoms in total. The van der Waals surface area contributed by atoms with Gasteiger partial charge in [0.05, 0.1) is 0 Å². The Hall–Kier alpha value is 0.181. The maximum absolute atomic E-state index is 12.2. The second kappa shape index (κ2) is 6.05. The van der Waals surface area contributed by atoms with Crippen LogP contribution in [0.25, 0.3) is 0 Å². The fourth-order valence-electron chi connectivity index (χ4n) is 0.997. The number of hydrogen-bond acceptors (Lipinski definition) is 1. The quantitative estimate of drug-likeness (QED) is 0.602. The third-order valence-electron chi connectivity index (χ3n) is 1.78. The molecule has 0 heterocycles. The molecular formula is C8H8BF3KNO. The van der Waals surface area contributed by atoms with Gasteiger partial charge in [0.15, 0.2) is 0 Å². The molecule has 0 spiro atoms. The number of nitrogens with one attached hydrogen (secondary N) is 1. The molecule has 76 valence electrons. The van der Waals surface area contributed by atoms with Crippen LogP contribution in [-0.2, 0) is 0 Å². The van der Waals surface area contributed by atoms with E-state index in [9.17, 15) is 17.7 Å². The monoisotopic (exact) mass is 241 g/mol. The second-order valence-electron chi connectivity index (χ2n) is 2.78. The number of hydrogen-bond donors (Lipinski definition) is 1. The number of carbonyl (C=O) groups is 1. The largest absolute Gasteiger partial charge is 1.00 e. The first-order chi connectivity index (χ1) is 6.45. The molecule has 1 aromatic carbocycles. The fourth-order valence-corrected chi connectivity index (χ4v) is 0.997. The molecule has 0 radical (unpaired) electrons. The molecule has 0 aromatic heterocycles. The average molecular weight is 241 g/mol. The Morgan fingerprint density at radius 2 is 1.67 bits per heavy atom. The number of halogens is 3. The minimum absolute atomic E-state index is 0. The summed E-state index contributed by atoms with van der Waals surface area (Å²) in [6.07, 6.45) is 0. The van der Waals surface area contributed by atoms with Gasteiger partial charge in [-0.15, -0.1) is 5.46 Å². The topological polar surface area (TPSA) is 29.1 Å². The molecule has 0 atom stereocenters. The van der Waals surface area contributed by atoms with Crippen LogP contribution >= 0.6 is 0 Å². The van der Waals surface area contributed by atoms with Crippen molar-refractivity contribution in [3.8, 4) is 0 Å². The first-order valence-electron chi connectivity index (χ1n) is 3.97. The normalized spacial score (nSPS) is 10.4. The van der Waals surface area contributed by atoms with Gasteiger partial charge in [0.1, 0.15) is 0 Å². The average Bonchev–Trinajstić information content (AvgIpc) is 2.15. The van der Waals surface area contributed by atoms with Crippen LogP contribution in [0.1, 0.15) is 10.4 Å². The first-order valence-corrected chi connectivity index (χ1v) is 3.97. The van der Waals surface area contributed by atoms with Crippen LogP contribution < -0.4 is 62.2 Å². The number of benzene rings is 1. The Kier molecular flexibility index (Phi) is 6.12. The van der Waals surface area contributed by atoms with Crippen LogP contribution in [-0.4, -0.2) is 19.9 Å². The van der Waals surface area contributed by atoms with Gasteiger partial charge in [-0.3, -0.25) is 4.79 Å². The molecule has 0 aliphatic rings. The van der Waals surface area contributed by atoms with Crippen molar-refractivity contribution in [3.05, 3.63) is 29.8 Å². The van der Waals surface area contributed by atoms with Gasteiger partial charge in [-0.1, -0.05) is 24.3 Å². The summed E-state index contributed by atoms with van der Waals surface area (Å²) in [4.78, 5) is 11.0. The molecule has 0 fully saturated rings. The standard InChI is InChI=1S/C8H8BF3NO.K/c1-13-8(14)6-2-4-7(5-3-6)9(10,11)12;/h2-5H,1H3,(H,13,14);/q-1;+1. The first kappa shape index (κ1) is 15.2. The summed E-state index contributed by atoms with van der Waals surface area (Å²) in [5.74, 6) is -0.397. The van der Waals surface area contributed by atoms with Crippen molar-refractivity contribution in [2.45, 2.75) is 0 Å². The van der Waals surface area contributed by atoms with Gasteiger partial charge in [0.25, 0.3) is 5.91 Å². The van der Waals surface area contributed by atoms with E-state index in [4.69, 9.17) is 0 Å². The summed E-state index contributed by atoms with van der Waals surface area (Å²) >= 11 is 0. The van der Waals surface area contributed by atoms with Crippen molar-refractivity contribution in [2.24, 2.45) is 0 Å². The molecule has 0 unspecified atom stereocenters. The molecular weight excluding hydrogens is 233 g/mol. The fraction of sp³-hybridized carbons (Fsp3) is 0.125. The van der Waals surface area contributed by atoms with Crippen molar-refractivity contribution in [2.75, 3.05) is 7.05 Å². The molecule has 1 N–H and O–H groups in total. The number of carbonyl (C=O) groups excluding carboxylic acids is 1. The Balaban J connectivity index is 0.00000196. The van der Waals surface area contributed by atoms with E-state index >= 15 is 0 Å². The van der Waals surface area contributed by atoms with E-state index in [2.05, 4.69) is 5.32 Å². The molecule has 1 amide bonds. The van der Waals surface area contributed by atoms with Gasteiger partial charge < -0.3 is 18.3 Å². The summed E-state index contributed by atoms with van der Waals surface area (Å²) in [5, 5.41) is 2.32. The maximum atomic E-state index is 12.2. The van der Waals surface area contributed by atoms with E-state index in [1.165, 1.54) is 7.05 Å². The third kappa shape index (κ3) is 4.28. The van der Waals surface area contributed by atoms with Crippen LogP contribution in [0.3, 0.4) is 0 Å². The molecule has 15 heavy (non-hydrogen) atoms. The SMILES string of the molecule is CNC(=O)c1ccc([B-](F)(F)F)cc1.[K+]. The zero-order valence-electron chi connectivity index (χ0n) is 8.43. The minimum atomic E-state index is -4.98. The molecule has 1 aromatic rings. The van der Waals surface area contributed by atoms with Crippen LogP contribution in [0, 0.1) is 0 Å². The van der Waals surface area contributed by atoms with Crippen LogP contribution in [0.5, 0.6) is 0 Å². The molecule has 0 saturated heterocycles. The molecule has 0 aliphatic carbocycles. The van der Waals surface area contributed by atoms with E-state index in [1.807, 2.05) is 0 Å². The van der Waals surface area contributed by atoms with Gasteiger partial charge in [0.2, 0.25) is 0 Å². The predicted octanol–water partition coefficient (Wildman–Crippen LogP) is -1.90. The summed E-state index contributed by atoms with van der Waals surface area (Å²) in [5.41, 5.74) is -0.478. The van der Waals surface area contributed by atoms with Crippen molar-refractivity contribution >= 4 is 18.3 Å². The Morgan fingerprint density at radius 3 is 2.00 bits per heavy atom. The van der Waals surface area contributed by atoms with E-state index in [0.717, 1.165) is 24.3 Å². The summed E-state index contributed by atoms with van der Waals surface area (Å²) in [6, 6.07) is 4.13. The third-order valence-corrected chi connectivity index (χ3v) is 1.78. The maximum Gasteiger partial charge on any atom is 1.00 e. The van der Waals surface area contributed by atoms with Crippen LogP contribution in [0.4, 0.5) is 12.9 Å². The Morgan fingerprint density at radius 1 is 1.20 bits per heavy atom. The zero-order chi connectivity index (χ0) is 10.8. The van der Waals surface area contributed by atoms with E-state index in [0.29, 0.717) is 0 Å². The van der Waals surface area contributed by atoms with Crippen molar-refractivity contribution in [3.63, 3.8) is 0 Å². The van der Waals surface area contributed by atoms with Gasteiger partial charge in [-0.2, -0.15) is 0 Å². The molecule has 0 aliphatic heterocycles. The van der Waals surface area contributed by atoms with Crippen molar-refractivity contribution in [1.82, 2.24) is 5.32 Å². The summed E-state index contributed by atoms with van der Waals surface area (Å²) < 4.78 is 36.5. The Labute approximate surface area is 128 Å². The van der Waals surface area contributed by atoms with E-state index in [-0.39, 0.29) is 56.9 Å². The molecule has 0 saturated carbocycles. The van der Waals surface area contributed by atoms with Gasteiger partial charge >= 0.3 is 58.4 Å². The van der Waals surface area contributed by atoms with Crippen LogP contribution in [0.2, 0.25) is 0 Å². The number of rotatable bonds is 2. The minimum Gasteiger partial charge on any atom is -0.445 e. The smallest absolute Gasteiger partial charge is 0.445 e. The number of amides is 1. The zero-order valence-corrected chi connectivity index (χ0v) is 11.6. The van der Waals surface area contributed by atoms with Gasteiger partial charge in [-0.25, -0.2) is 0 Å². The van der Waals surface area contributed by atoms with Gasteiger partial charge in [-0.05, 0) is 0 Å². The Bertz CT molecular complexity index is 339. The molecule has 7 heteroatoms. The van der Waals surface area contributed by atoms with E-state index < -0.39 is 18.3 Å². The van der Waals surface area contributed by atoms with Gasteiger partial charge in [0, 0.05) is 12.6 Å². The van der Waals surface area contributed by atoms with E-state index in [1.54, 1.807) is 0 Å². The summed E-state index contributed by atoms with van der Waals surface area (Å²) in [6.45, 7) is -4.98. The molecule has 1 rings (SSSR count).